The second kappa shape index (κ2) is 8.44. The molecule has 0 saturated carbocycles. The van der Waals surface area contributed by atoms with Gasteiger partial charge < -0.3 is 10.1 Å². The normalized spacial score (nSPS) is 14.0. The van der Waals surface area contributed by atoms with Crippen molar-refractivity contribution in [3.8, 4) is 0 Å². The van der Waals surface area contributed by atoms with E-state index in [-0.39, 0.29) is 5.97 Å². The molecule has 3 nitrogen and oxygen atoms in total. The van der Waals surface area contributed by atoms with Crippen LogP contribution in [0.5, 0.6) is 0 Å². The molecule has 0 fully saturated rings. The number of esters is 1. The second-order valence-electron chi connectivity index (χ2n) is 5.68. The monoisotopic (exact) mass is 309 g/mol. The zero-order chi connectivity index (χ0) is 15.9. The first-order valence-electron chi connectivity index (χ1n) is 7.49. The molecule has 0 radical (unpaired) electrons. The molecule has 4 heteroatoms. The fourth-order valence-electron chi connectivity index (χ4n) is 2.20. The molecule has 0 spiro atoms. The molecular formula is C17H27NO2S. The Kier molecular flexibility index (Phi) is 7.26. The molecule has 0 aliphatic heterocycles. The molecule has 1 aromatic carbocycles. The Labute approximate surface area is 132 Å². The number of hydrogen-bond acceptors (Lipinski definition) is 4. The fraction of sp³-hybridized carbons (Fsp3) is 0.588. The van der Waals surface area contributed by atoms with Crippen molar-refractivity contribution in [3.05, 3.63) is 29.8 Å². The summed E-state index contributed by atoms with van der Waals surface area (Å²) in [6.45, 7) is 9.05. The minimum atomic E-state index is -0.603. The molecule has 1 atom stereocenters. The SMILES string of the molecule is CCNC(C)(CCSc1ccc(C(C)C)cc1)C(=O)OC. The van der Waals surface area contributed by atoms with Crippen molar-refractivity contribution < 1.29 is 9.53 Å². The van der Waals surface area contributed by atoms with Gasteiger partial charge in [0.15, 0.2) is 0 Å². The van der Waals surface area contributed by atoms with Gasteiger partial charge in [0, 0.05) is 10.6 Å². The third-order valence-corrected chi connectivity index (χ3v) is 4.63. The Morgan fingerprint density at radius 2 is 1.95 bits per heavy atom. The van der Waals surface area contributed by atoms with E-state index >= 15 is 0 Å². The molecule has 0 aromatic heterocycles. The van der Waals surface area contributed by atoms with Gasteiger partial charge in [0.25, 0.3) is 0 Å². The van der Waals surface area contributed by atoms with Crippen molar-refractivity contribution >= 4 is 17.7 Å². The lowest BCUT2D eigenvalue weighted by Crippen LogP contribution is -2.50. The molecule has 1 unspecified atom stereocenters. The highest BCUT2D eigenvalue weighted by Crippen LogP contribution is 2.24. The first kappa shape index (κ1) is 18.1. The first-order chi connectivity index (χ1) is 9.92. The standard InChI is InChI=1S/C17H27NO2S/c1-6-18-17(4,16(19)20-5)11-12-21-15-9-7-14(8-10-15)13(2)3/h7-10,13,18H,6,11-12H2,1-5H3. The van der Waals surface area contributed by atoms with Gasteiger partial charge in [0.2, 0.25) is 0 Å². The number of ether oxygens (including phenoxy) is 1. The maximum absolute atomic E-state index is 11.9. The van der Waals surface area contributed by atoms with Gasteiger partial charge in [-0.05, 0) is 43.5 Å². The summed E-state index contributed by atoms with van der Waals surface area (Å²) < 4.78 is 4.90. The van der Waals surface area contributed by atoms with Gasteiger partial charge in [0.05, 0.1) is 7.11 Å². The highest BCUT2D eigenvalue weighted by atomic mass is 32.2. The molecule has 0 amide bonds. The molecule has 1 aromatic rings. The number of hydrogen-bond donors (Lipinski definition) is 1. The minimum Gasteiger partial charge on any atom is -0.468 e. The Hall–Kier alpha value is -1.00. The summed E-state index contributed by atoms with van der Waals surface area (Å²) in [5, 5.41) is 3.23. The van der Waals surface area contributed by atoms with E-state index in [9.17, 15) is 4.79 Å². The molecule has 0 aliphatic rings. The number of rotatable bonds is 8. The highest BCUT2D eigenvalue weighted by Gasteiger charge is 2.32. The number of nitrogens with one attached hydrogen (secondary N) is 1. The van der Waals surface area contributed by atoms with Crippen molar-refractivity contribution in [1.29, 1.82) is 0 Å². The summed E-state index contributed by atoms with van der Waals surface area (Å²) in [6, 6.07) is 8.67. The van der Waals surface area contributed by atoms with E-state index in [1.165, 1.54) is 17.6 Å². The van der Waals surface area contributed by atoms with Gasteiger partial charge in [-0.1, -0.05) is 32.9 Å². The fourth-order valence-corrected chi connectivity index (χ4v) is 3.27. The number of thioether (sulfide) groups is 1. The molecule has 0 heterocycles. The third-order valence-electron chi connectivity index (χ3n) is 3.62. The largest absolute Gasteiger partial charge is 0.468 e. The van der Waals surface area contributed by atoms with Gasteiger partial charge >= 0.3 is 5.97 Å². The maximum Gasteiger partial charge on any atom is 0.325 e. The van der Waals surface area contributed by atoms with E-state index < -0.39 is 5.54 Å². The number of likely N-dealkylation sites (N-methyl/N-ethyl adjacent to an activating group) is 1. The van der Waals surface area contributed by atoms with Crippen LogP contribution in [0.3, 0.4) is 0 Å². The van der Waals surface area contributed by atoms with Crippen molar-refractivity contribution in [3.63, 3.8) is 0 Å². The molecule has 21 heavy (non-hydrogen) atoms. The number of methoxy groups -OCH3 is 1. The van der Waals surface area contributed by atoms with Crippen LogP contribution in [0.1, 0.15) is 45.6 Å². The summed E-state index contributed by atoms with van der Waals surface area (Å²) in [5.74, 6) is 1.24. The van der Waals surface area contributed by atoms with E-state index in [1.54, 1.807) is 11.8 Å². The summed E-state index contributed by atoms with van der Waals surface area (Å²) in [4.78, 5) is 13.1. The van der Waals surface area contributed by atoms with Gasteiger partial charge in [0.1, 0.15) is 5.54 Å². The number of carbonyl (C=O) groups excluding carboxylic acids is 1. The van der Waals surface area contributed by atoms with Gasteiger partial charge in [-0.3, -0.25) is 4.79 Å². The number of carbonyl (C=O) groups is 1. The van der Waals surface area contributed by atoms with Gasteiger partial charge in [-0.15, -0.1) is 11.8 Å². The quantitative estimate of drug-likeness (QED) is 0.585. The first-order valence-corrected chi connectivity index (χ1v) is 8.47. The van der Waals surface area contributed by atoms with Crippen LogP contribution in [-0.2, 0) is 9.53 Å². The van der Waals surface area contributed by atoms with Gasteiger partial charge in [-0.2, -0.15) is 0 Å². The van der Waals surface area contributed by atoms with Crippen molar-refractivity contribution in [1.82, 2.24) is 5.32 Å². The lowest BCUT2D eigenvalue weighted by molar-refractivity contribution is -0.147. The highest BCUT2D eigenvalue weighted by molar-refractivity contribution is 7.99. The van der Waals surface area contributed by atoms with E-state index in [0.717, 1.165) is 18.7 Å². The van der Waals surface area contributed by atoms with Crippen molar-refractivity contribution in [2.75, 3.05) is 19.4 Å². The van der Waals surface area contributed by atoms with Crippen LogP contribution in [0.25, 0.3) is 0 Å². The van der Waals surface area contributed by atoms with Crippen molar-refractivity contribution in [2.24, 2.45) is 0 Å². The summed E-state index contributed by atoms with van der Waals surface area (Å²) >= 11 is 1.77. The lowest BCUT2D eigenvalue weighted by Gasteiger charge is -2.27. The lowest BCUT2D eigenvalue weighted by atomic mass is 9.99. The van der Waals surface area contributed by atoms with Crippen LogP contribution >= 0.6 is 11.8 Å². The molecule has 0 saturated heterocycles. The second-order valence-corrected chi connectivity index (χ2v) is 6.84. The Bertz CT molecular complexity index is 445. The van der Waals surface area contributed by atoms with E-state index in [0.29, 0.717) is 5.92 Å². The van der Waals surface area contributed by atoms with Crippen LogP contribution in [0.15, 0.2) is 29.2 Å². The number of benzene rings is 1. The average molecular weight is 309 g/mol. The summed E-state index contributed by atoms with van der Waals surface area (Å²) in [7, 11) is 1.44. The van der Waals surface area contributed by atoms with Crippen molar-refractivity contribution in [2.45, 2.75) is 50.5 Å². The van der Waals surface area contributed by atoms with Gasteiger partial charge in [-0.25, -0.2) is 0 Å². The molecule has 0 aliphatic carbocycles. The molecule has 118 valence electrons. The zero-order valence-electron chi connectivity index (χ0n) is 13.7. The Morgan fingerprint density at radius 3 is 2.43 bits per heavy atom. The Balaban J connectivity index is 2.56. The minimum absolute atomic E-state index is 0.194. The van der Waals surface area contributed by atoms with E-state index in [4.69, 9.17) is 4.74 Å². The van der Waals surface area contributed by atoms with Crippen LogP contribution in [0.4, 0.5) is 0 Å². The van der Waals surface area contributed by atoms with Crippen LogP contribution in [0.2, 0.25) is 0 Å². The maximum atomic E-state index is 11.9. The predicted octanol–water partition coefficient (Wildman–Crippen LogP) is 3.83. The zero-order valence-corrected chi connectivity index (χ0v) is 14.5. The molecular weight excluding hydrogens is 282 g/mol. The van der Waals surface area contributed by atoms with E-state index in [1.807, 2.05) is 13.8 Å². The van der Waals surface area contributed by atoms with Crippen LogP contribution in [-0.4, -0.2) is 30.9 Å². The molecule has 0 bridgehead atoms. The summed E-state index contributed by atoms with van der Waals surface area (Å²) in [6.07, 6.45) is 0.740. The average Bonchev–Trinajstić information content (AvgIpc) is 2.47. The predicted molar refractivity (Wildman–Crippen MR) is 90.0 cm³/mol. The van der Waals surface area contributed by atoms with Crippen LogP contribution < -0.4 is 5.32 Å². The third kappa shape index (κ3) is 5.36. The molecule has 1 N–H and O–H groups in total. The summed E-state index contributed by atoms with van der Waals surface area (Å²) in [5.41, 5.74) is 0.750. The smallest absolute Gasteiger partial charge is 0.325 e. The molecule has 1 rings (SSSR count). The van der Waals surface area contributed by atoms with E-state index in [2.05, 4.69) is 43.4 Å². The topological polar surface area (TPSA) is 38.3 Å². The Morgan fingerprint density at radius 1 is 1.33 bits per heavy atom. The van der Waals surface area contributed by atoms with Crippen LogP contribution in [0, 0.1) is 0 Å².